The number of aliphatic carboxylic acids is 1. The minimum absolute atomic E-state index is 0.833. The van der Waals surface area contributed by atoms with Gasteiger partial charge in [-0.3, -0.25) is 0 Å². The summed E-state index contributed by atoms with van der Waals surface area (Å²) in [7, 11) is 0. The highest BCUT2D eigenvalue weighted by molar-refractivity contribution is 5.78. The molecule has 0 spiro atoms. The lowest BCUT2D eigenvalue weighted by molar-refractivity contribution is -0.131. The molecule has 1 rings (SSSR count). The van der Waals surface area contributed by atoms with Crippen molar-refractivity contribution in [3.05, 3.63) is 36.8 Å². The molecule has 0 aliphatic carbocycles. The summed E-state index contributed by atoms with van der Waals surface area (Å²) in [5, 5.41) is 7.60. The average molecular weight is 196 g/mol. The lowest BCUT2D eigenvalue weighted by Gasteiger charge is -1.90. The van der Waals surface area contributed by atoms with Crippen molar-refractivity contribution < 1.29 is 14.3 Å². The largest absolute Gasteiger partial charge is 0.478 e. The second-order valence-electron chi connectivity index (χ2n) is 2.73. The molecule has 0 fully saturated rings. The third kappa shape index (κ3) is 7.16. The van der Waals surface area contributed by atoms with Gasteiger partial charge in [-0.15, -0.1) is 0 Å². The Labute approximate surface area is 84.1 Å². The summed E-state index contributed by atoms with van der Waals surface area (Å²) in [6, 6.07) is 3.96. The third-order valence-electron chi connectivity index (χ3n) is 1.53. The van der Waals surface area contributed by atoms with Crippen molar-refractivity contribution in [3.8, 4) is 0 Å². The Morgan fingerprint density at radius 3 is 2.71 bits per heavy atom. The van der Waals surface area contributed by atoms with Crippen LogP contribution in [0.3, 0.4) is 0 Å². The van der Waals surface area contributed by atoms with Gasteiger partial charge < -0.3 is 9.52 Å². The molecule has 0 atom stereocenters. The maximum atomic E-state index is 9.25. The van der Waals surface area contributed by atoms with Crippen molar-refractivity contribution in [1.29, 1.82) is 0 Å². The van der Waals surface area contributed by atoms with Gasteiger partial charge in [-0.2, -0.15) is 0 Å². The van der Waals surface area contributed by atoms with Crippen LogP contribution >= 0.6 is 0 Å². The molecule has 0 bridgehead atoms. The molecular formula is C11H16O3. The van der Waals surface area contributed by atoms with Crippen molar-refractivity contribution in [1.82, 2.24) is 0 Å². The SMILES string of the molecule is C=CC(=O)O.CCCCc1ccco1. The van der Waals surface area contributed by atoms with Gasteiger partial charge in [0.15, 0.2) is 0 Å². The number of aryl methyl sites for hydroxylation is 1. The summed E-state index contributed by atoms with van der Waals surface area (Å²) in [6.07, 6.45) is 6.11. The molecule has 0 amide bonds. The monoisotopic (exact) mass is 196 g/mol. The number of furan rings is 1. The zero-order valence-electron chi connectivity index (χ0n) is 8.40. The van der Waals surface area contributed by atoms with E-state index in [1.165, 1.54) is 12.8 Å². The molecule has 0 aliphatic heterocycles. The molecule has 3 heteroatoms. The molecule has 78 valence electrons. The average Bonchev–Trinajstić information content (AvgIpc) is 2.68. The van der Waals surface area contributed by atoms with E-state index < -0.39 is 5.97 Å². The maximum absolute atomic E-state index is 9.25. The second-order valence-corrected chi connectivity index (χ2v) is 2.73. The lowest BCUT2D eigenvalue weighted by atomic mass is 10.2. The highest BCUT2D eigenvalue weighted by Crippen LogP contribution is 2.04. The number of carboxylic acids is 1. The summed E-state index contributed by atoms with van der Waals surface area (Å²) in [5.74, 6) is 0.127. The topological polar surface area (TPSA) is 50.4 Å². The fourth-order valence-electron chi connectivity index (χ4n) is 0.806. The van der Waals surface area contributed by atoms with Crippen molar-refractivity contribution in [3.63, 3.8) is 0 Å². The van der Waals surface area contributed by atoms with Crippen LogP contribution < -0.4 is 0 Å². The first-order valence-electron chi connectivity index (χ1n) is 4.58. The van der Waals surface area contributed by atoms with Gasteiger partial charge >= 0.3 is 5.97 Å². The van der Waals surface area contributed by atoms with Crippen LogP contribution in [-0.2, 0) is 11.2 Å². The molecule has 1 heterocycles. The van der Waals surface area contributed by atoms with Crippen LogP contribution in [-0.4, -0.2) is 11.1 Å². The summed E-state index contributed by atoms with van der Waals surface area (Å²) in [5.41, 5.74) is 0. The zero-order valence-corrected chi connectivity index (χ0v) is 8.40. The quantitative estimate of drug-likeness (QED) is 0.753. The highest BCUT2D eigenvalue weighted by Gasteiger charge is 1.91. The molecule has 0 aromatic carbocycles. The van der Waals surface area contributed by atoms with Crippen LogP contribution in [0.2, 0.25) is 0 Å². The van der Waals surface area contributed by atoms with Gasteiger partial charge in [-0.1, -0.05) is 19.9 Å². The third-order valence-corrected chi connectivity index (χ3v) is 1.53. The van der Waals surface area contributed by atoms with E-state index in [4.69, 9.17) is 9.52 Å². The van der Waals surface area contributed by atoms with Gasteiger partial charge in [-0.25, -0.2) is 4.79 Å². The Morgan fingerprint density at radius 2 is 2.36 bits per heavy atom. The molecule has 0 radical (unpaired) electrons. The van der Waals surface area contributed by atoms with E-state index in [0.717, 1.165) is 18.3 Å². The Bertz CT molecular complexity index is 250. The minimum atomic E-state index is -0.981. The molecule has 1 aromatic heterocycles. The van der Waals surface area contributed by atoms with Gasteiger partial charge in [0.25, 0.3) is 0 Å². The van der Waals surface area contributed by atoms with E-state index in [0.29, 0.717) is 0 Å². The number of carboxylic acid groups (broad SMARTS) is 1. The number of rotatable bonds is 4. The summed E-state index contributed by atoms with van der Waals surface area (Å²) in [6.45, 7) is 5.14. The Kier molecular flexibility index (Phi) is 7.23. The van der Waals surface area contributed by atoms with Gasteiger partial charge in [-0.05, 0) is 18.6 Å². The van der Waals surface area contributed by atoms with Crippen LogP contribution in [0.4, 0.5) is 0 Å². The maximum Gasteiger partial charge on any atom is 0.327 e. The molecule has 0 aliphatic rings. The highest BCUT2D eigenvalue weighted by atomic mass is 16.4. The number of hydrogen-bond donors (Lipinski definition) is 1. The number of carbonyl (C=O) groups is 1. The van der Waals surface area contributed by atoms with Gasteiger partial charge in [0.1, 0.15) is 5.76 Å². The lowest BCUT2D eigenvalue weighted by Crippen LogP contribution is -1.82. The summed E-state index contributed by atoms with van der Waals surface area (Å²) < 4.78 is 5.14. The van der Waals surface area contributed by atoms with Crippen LogP contribution in [0.1, 0.15) is 25.5 Å². The zero-order chi connectivity index (χ0) is 10.8. The molecule has 14 heavy (non-hydrogen) atoms. The standard InChI is InChI=1S/C8H12O.C3H4O2/c1-2-3-5-8-6-4-7-9-8;1-2-3(4)5/h4,6-7H,2-3,5H2,1H3;2H,1H2,(H,4,5). The molecular weight excluding hydrogens is 180 g/mol. The molecule has 1 aromatic rings. The van der Waals surface area contributed by atoms with E-state index in [9.17, 15) is 4.79 Å². The predicted molar refractivity (Wildman–Crippen MR) is 55.2 cm³/mol. The van der Waals surface area contributed by atoms with Crippen LogP contribution in [0.25, 0.3) is 0 Å². The predicted octanol–water partition coefficient (Wildman–Crippen LogP) is 2.88. The molecule has 0 saturated carbocycles. The van der Waals surface area contributed by atoms with Gasteiger partial charge in [0, 0.05) is 12.5 Å². The normalized spacial score (nSPS) is 8.64. The molecule has 0 unspecified atom stereocenters. The fourth-order valence-corrected chi connectivity index (χ4v) is 0.806. The Hall–Kier alpha value is -1.51. The molecule has 0 saturated heterocycles. The van der Waals surface area contributed by atoms with E-state index >= 15 is 0 Å². The molecule has 1 N–H and O–H groups in total. The first-order chi connectivity index (χ1) is 6.70. The van der Waals surface area contributed by atoms with Crippen LogP contribution in [0.15, 0.2) is 35.5 Å². The Balaban J connectivity index is 0.000000292. The van der Waals surface area contributed by atoms with E-state index in [-0.39, 0.29) is 0 Å². The summed E-state index contributed by atoms with van der Waals surface area (Å²) in [4.78, 5) is 9.25. The minimum Gasteiger partial charge on any atom is -0.478 e. The second kappa shape index (κ2) is 8.10. The van der Waals surface area contributed by atoms with E-state index in [1.807, 2.05) is 12.1 Å². The fraction of sp³-hybridized carbons (Fsp3) is 0.364. The van der Waals surface area contributed by atoms with E-state index in [1.54, 1.807) is 6.26 Å². The van der Waals surface area contributed by atoms with Gasteiger partial charge in [0.05, 0.1) is 6.26 Å². The van der Waals surface area contributed by atoms with E-state index in [2.05, 4.69) is 13.5 Å². The van der Waals surface area contributed by atoms with Crippen molar-refractivity contribution in [2.24, 2.45) is 0 Å². The molecule has 3 nitrogen and oxygen atoms in total. The Morgan fingerprint density at radius 1 is 1.71 bits per heavy atom. The van der Waals surface area contributed by atoms with Gasteiger partial charge in [0.2, 0.25) is 0 Å². The van der Waals surface area contributed by atoms with Crippen molar-refractivity contribution in [2.75, 3.05) is 0 Å². The van der Waals surface area contributed by atoms with Crippen LogP contribution in [0.5, 0.6) is 0 Å². The number of unbranched alkanes of at least 4 members (excludes halogenated alkanes) is 1. The summed E-state index contributed by atoms with van der Waals surface area (Å²) >= 11 is 0. The smallest absolute Gasteiger partial charge is 0.327 e. The van der Waals surface area contributed by atoms with Crippen molar-refractivity contribution in [2.45, 2.75) is 26.2 Å². The van der Waals surface area contributed by atoms with Crippen molar-refractivity contribution >= 4 is 5.97 Å². The number of hydrogen-bond acceptors (Lipinski definition) is 2. The first-order valence-corrected chi connectivity index (χ1v) is 4.58. The van der Waals surface area contributed by atoms with Crippen LogP contribution in [0, 0.1) is 0 Å². The first kappa shape index (κ1) is 12.5.